The molecule has 0 saturated carbocycles. The zero-order valence-electron chi connectivity index (χ0n) is 10.2. The van der Waals surface area contributed by atoms with Crippen molar-refractivity contribution >= 4 is 21.4 Å². The van der Waals surface area contributed by atoms with Gasteiger partial charge in [0.2, 0.25) is 5.03 Å². The van der Waals surface area contributed by atoms with Crippen LogP contribution >= 0.6 is 0 Å². The minimum Gasteiger partial charge on any atom is -0.321 e. The van der Waals surface area contributed by atoms with Gasteiger partial charge in [-0.2, -0.15) is 8.42 Å². The van der Waals surface area contributed by atoms with Crippen LogP contribution in [0.2, 0.25) is 0 Å². The van der Waals surface area contributed by atoms with Gasteiger partial charge < -0.3 is 5.43 Å². The second-order valence-electron chi connectivity index (χ2n) is 3.79. The summed E-state index contributed by atoms with van der Waals surface area (Å²) in [7, 11) is -3.81. The van der Waals surface area contributed by atoms with Crippen molar-refractivity contribution in [1.29, 1.82) is 0 Å². The summed E-state index contributed by atoms with van der Waals surface area (Å²) in [6.07, 6.45) is 2.81. The van der Waals surface area contributed by atoms with Crippen LogP contribution in [0.15, 0.2) is 41.7 Å². The average Bonchev–Trinajstić information content (AvgIpc) is 2.41. The maximum Gasteiger partial charge on any atom is 0.281 e. The largest absolute Gasteiger partial charge is 0.321 e. The molecule has 0 unspecified atom stereocenters. The smallest absolute Gasteiger partial charge is 0.281 e. The van der Waals surface area contributed by atoms with Gasteiger partial charge in [-0.3, -0.25) is 15.5 Å². The Morgan fingerprint density at radius 1 is 1.21 bits per heavy atom. The number of aromatic nitrogens is 2. The molecule has 0 atom stereocenters. The molecule has 0 amide bonds. The molecule has 0 radical (unpaired) electrons. The fraction of sp³-hybridized carbons (Fsp3) is 0.0909. The lowest BCUT2D eigenvalue weighted by atomic mass is 10.4. The van der Waals surface area contributed by atoms with E-state index in [-0.39, 0.29) is 10.7 Å². The highest BCUT2D eigenvalue weighted by Gasteiger charge is 2.19. The Balaban J connectivity index is 2.35. The van der Waals surface area contributed by atoms with E-state index in [2.05, 4.69) is 20.1 Å². The van der Waals surface area contributed by atoms with E-state index in [1.54, 1.807) is 18.2 Å². The lowest BCUT2D eigenvalue weighted by molar-refractivity contribution is 0.598. The van der Waals surface area contributed by atoms with Crippen LogP contribution in [0.3, 0.4) is 0 Å². The third-order valence-corrected chi connectivity index (χ3v) is 3.68. The van der Waals surface area contributed by atoms with Gasteiger partial charge in [0.05, 0.1) is 17.6 Å². The molecule has 0 aliphatic carbocycles. The molecule has 0 aliphatic rings. The molecule has 100 valence electrons. The summed E-state index contributed by atoms with van der Waals surface area (Å²) in [5.41, 5.74) is 3.67. The first-order valence-corrected chi connectivity index (χ1v) is 6.88. The highest BCUT2D eigenvalue weighted by atomic mass is 32.2. The van der Waals surface area contributed by atoms with Crippen LogP contribution in [0.1, 0.15) is 5.69 Å². The number of anilines is 2. The molecule has 4 N–H and O–H groups in total. The number of nitrogens with zero attached hydrogens (tertiary/aromatic N) is 2. The van der Waals surface area contributed by atoms with Crippen LogP contribution in [-0.2, 0) is 10.0 Å². The Labute approximate surface area is 110 Å². The number of nitrogens with one attached hydrogen (secondary N) is 2. The number of nitrogens with two attached hydrogens (primary N) is 1. The predicted octanol–water partition coefficient (Wildman–Crippen LogP) is 0.871. The molecular weight excluding hydrogens is 266 g/mol. The van der Waals surface area contributed by atoms with Crippen molar-refractivity contribution in [2.75, 3.05) is 10.1 Å². The van der Waals surface area contributed by atoms with Crippen molar-refractivity contribution in [1.82, 2.24) is 9.97 Å². The second kappa shape index (κ2) is 5.21. The zero-order valence-corrected chi connectivity index (χ0v) is 11.0. The summed E-state index contributed by atoms with van der Waals surface area (Å²) in [5, 5.41) is -0.168. The summed E-state index contributed by atoms with van der Waals surface area (Å²) in [6.45, 7) is 1.81. The SMILES string of the molecule is Cc1ccc(NS(=O)(=O)c2ncccc2NN)cn1. The normalized spacial score (nSPS) is 11.1. The first-order valence-electron chi connectivity index (χ1n) is 5.40. The van der Waals surface area contributed by atoms with Gasteiger partial charge in [-0.1, -0.05) is 0 Å². The molecule has 0 aliphatic heterocycles. The Hall–Kier alpha value is -2.19. The number of hydrazine groups is 1. The van der Waals surface area contributed by atoms with E-state index < -0.39 is 10.0 Å². The molecule has 0 fully saturated rings. The number of rotatable bonds is 4. The third-order valence-electron chi connectivity index (χ3n) is 2.34. The zero-order chi connectivity index (χ0) is 13.9. The average molecular weight is 279 g/mol. The second-order valence-corrected chi connectivity index (χ2v) is 5.39. The fourth-order valence-electron chi connectivity index (χ4n) is 1.45. The van der Waals surface area contributed by atoms with Crippen molar-refractivity contribution in [3.05, 3.63) is 42.4 Å². The predicted molar refractivity (Wildman–Crippen MR) is 71.8 cm³/mol. The molecule has 0 aromatic carbocycles. The van der Waals surface area contributed by atoms with Gasteiger partial charge in [-0.25, -0.2) is 4.98 Å². The van der Waals surface area contributed by atoms with Gasteiger partial charge >= 0.3 is 0 Å². The van der Waals surface area contributed by atoms with Crippen LogP contribution in [0.5, 0.6) is 0 Å². The maximum atomic E-state index is 12.2. The first kappa shape index (κ1) is 13.2. The minimum absolute atomic E-state index is 0.168. The summed E-state index contributed by atoms with van der Waals surface area (Å²) in [6, 6.07) is 6.44. The molecule has 0 spiro atoms. The molecule has 2 aromatic heterocycles. The molecule has 7 nitrogen and oxygen atoms in total. The quantitative estimate of drug-likeness (QED) is 0.566. The van der Waals surface area contributed by atoms with E-state index in [1.165, 1.54) is 18.5 Å². The molecule has 0 saturated heterocycles. The molecule has 2 rings (SSSR count). The van der Waals surface area contributed by atoms with Crippen molar-refractivity contribution in [3.8, 4) is 0 Å². The van der Waals surface area contributed by atoms with E-state index in [0.29, 0.717) is 5.69 Å². The number of hydrogen-bond donors (Lipinski definition) is 3. The van der Waals surface area contributed by atoms with Gasteiger partial charge in [0.15, 0.2) is 0 Å². The molecule has 2 heterocycles. The van der Waals surface area contributed by atoms with Gasteiger partial charge in [0.25, 0.3) is 10.0 Å². The number of nitrogen functional groups attached to an aromatic ring is 1. The Morgan fingerprint density at radius 3 is 2.63 bits per heavy atom. The van der Waals surface area contributed by atoms with Crippen LogP contribution in [0.25, 0.3) is 0 Å². The Kier molecular flexibility index (Phi) is 3.63. The number of sulfonamides is 1. The van der Waals surface area contributed by atoms with E-state index in [1.807, 2.05) is 6.92 Å². The van der Waals surface area contributed by atoms with Gasteiger partial charge in [0.1, 0.15) is 0 Å². The highest BCUT2D eigenvalue weighted by molar-refractivity contribution is 7.92. The van der Waals surface area contributed by atoms with Crippen LogP contribution in [-0.4, -0.2) is 18.4 Å². The topological polar surface area (TPSA) is 110 Å². The number of hydrogen-bond acceptors (Lipinski definition) is 6. The third kappa shape index (κ3) is 2.98. The number of pyridine rings is 2. The summed E-state index contributed by atoms with van der Waals surface area (Å²) in [4.78, 5) is 7.83. The van der Waals surface area contributed by atoms with Crippen molar-refractivity contribution in [2.45, 2.75) is 11.9 Å². The van der Waals surface area contributed by atoms with Crippen molar-refractivity contribution in [3.63, 3.8) is 0 Å². The lowest BCUT2D eigenvalue weighted by Crippen LogP contribution is -2.19. The van der Waals surface area contributed by atoms with Crippen molar-refractivity contribution < 1.29 is 8.42 Å². The maximum absolute atomic E-state index is 12.2. The molecule has 0 bridgehead atoms. The molecule has 8 heteroatoms. The monoisotopic (exact) mass is 279 g/mol. The Bertz CT molecular complexity index is 670. The Morgan fingerprint density at radius 2 is 2.00 bits per heavy atom. The highest BCUT2D eigenvalue weighted by Crippen LogP contribution is 2.20. The van der Waals surface area contributed by atoms with Gasteiger partial charge in [-0.15, -0.1) is 0 Å². The molecular formula is C11H13N5O2S. The van der Waals surface area contributed by atoms with Crippen LogP contribution < -0.4 is 16.0 Å². The van der Waals surface area contributed by atoms with E-state index in [4.69, 9.17) is 5.84 Å². The summed E-state index contributed by atoms with van der Waals surface area (Å²) >= 11 is 0. The van der Waals surface area contributed by atoms with Crippen molar-refractivity contribution in [2.24, 2.45) is 5.84 Å². The standard InChI is InChI=1S/C11H13N5O2S/c1-8-4-5-9(7-14-8)16-19(17,18)11-10(15-12)3-2-6-13-11/h2-7,15-16H,12H2,1H3. The summed E-state index contributed by atoms with van der Waals surface area (Å²) in [5.74, 6) is 5.27. The summed E-state index contributed by atoms with van der Waals surface area (Å²) < 4.78 is 26.7. The van der Waals surface area contributed by atoms with E-state index >= 15 is 0 Å². The first-order chi connectivity index (χ1) is 9.03. The molecule has 19 heavy (non-hydrogen) atoms. The molecule has 2 aromatic rings. The van der Waals surface area contributed by atoms with Crippen LogP contribution in [0.4, 0.5) is 11.4 Å². The van der Waals surface area contributed by atoms with Crippen LogP contribution in [0, 0.1) is 6.92 Å². The lowest BCUT2D eigenvalue weighted by Gasteiger charge is -2.10. The van der Waals surface area contributed by atoms with E-state index in [0.717, 1.165) is 5.69 Å². The van der Waals surface area contributed by atoms with Gasteiger partial charge in [0, 0.05) is 11.9 Å². The fourth-order valence-corrected chi connectivity index (χ4v) is 2.59. The van der Waals surface area contributed by atoms with Gasteiger partial charge in [-0.05, 0) is 31.2 Å². The van der Waals surface area contributed by atoms with E-state index in [9.17, 15) is 8.42 Å². The number of aryl methyl sites for hydroxylation is 1. The minimum atomic E-state index is -3.81.